The second kappa shape index (κ2) is 16.2. The van der Waals surface area contributed by atoms with Gasteiger partial charge in [-0.3, -0.25) is 5.43 Å². The molecule has 3 aromatic carbocycles. The number of urea groups is 1. The molecule has 0 radical (unpaired) electrons. The number of benzene rings is 3. The number of aliphatic hydroxyl groups excluding tert-OH is 1. The monoisotopic (exact) mass is 744 g/mol. The molecule has 244 valence electrons. The van der Waals surface area contributed by atoms with Gasteiger partial charge in [0.05, 0.1) is 42.2 Å². The highest BCUT2D eigenvalue weighted by molar-refractivity contribution is 14.1. The van der Waals surface area contributed by atoms with E-state index in [1.807, 2.05) is 44.2 Å². The smallest absolute Gasteiger partial charge is 0.337 e. The number of esters is 1. The first-order chi connectivity index (χ1) is 22.1. The van der Waals surface area contributed by atoms with Crippen LogP contribution < -0.4 is 35.0 Å². The lowest BCUT2D eigenvalue weighted by Crippen LogP contribution is -2.45. The number of carbonyl (C=O) groups is 2. The highest BCUT2D eigenvalue weighted by atomic mass is 127. The molecule has 0 fully saturated rings. The Morgan fingerprint density at radius 2 is 1.80 bits per heavy atom. The molecule has 0 aliphatic carbocycles. The number of methoxy groups -OCH3 is 2. The lowest BCUT2D eigenvalue weighted by atomic mass is 9.95. The highest BCUT2D eigenvalue weighted by Crippen LogP contribution is 2.36. The summed E-state index contributed by atoms with van der Waals surface area (Å²) in [5.41, 5.74) is 6.87. The minimum Gasteiger partial charge on any atom is -0.493 e. The Bertz CT molecular complexity index is 1610. The molecule has 4 N–H and O–H groups in total. The molecule has 3 aromatic rings. The van der Waals surface area contributed by atoms with Gasteiger partial charge >= 0.3 is 12.0 Å². The summed E-state index contributed by atoms with van der Waals surface area (Å²) in [5.74, 6) is 1.35. The molecule has 0 saturated heterocycles. The molecule has 12 nitrogen and oxygen atoms in total. The number of rotatable bonds is 14. The Labute approximate surface area is 281 Å². The third kappa shape index (κ3) is 8.81. The third-order valence-corrected chi connectivity index (χ3v) is 7.67. The minimum absolute atomic E-state index is 0.153. The maximum Gasteiger partial charge on any atom is 0.337 e. The number of amides is 2. The fourth-order valence-electron chi connectivity index (χ4n) is 4.61. The predicted molar refractivity (Wildman–Crippen MR) is 180 cm³/mol. The number of hydrogen-bond donors (Lipinski definition) is 4. The highest BCUT2D eigenvalue weighted by Gasteiger charge is 2.32. The van der Waals surface area contributed by atoms with Crippen molar-refractivity contribution in [2.24, 2.45) is 5.10 Å². The molecule has 1 heterocycles. The van der Waals surface area contributed by atoms with E-state index in [9.17, 15) is 14.7 Å². The van der Waals surface area contributed by atoms with Crippen LogP contribution in [0, 0.1) is 10.5 Å². The van der Waals surface area contributed by atoms with Crippen LogP contribution in [0.15, 0.2) is 71.0 Å². The van der Waals surface area contributed by atoms with E-state index in [-0.39, 0.29) is 12.2 Å². The summed E-state index contributed by atoms with van der Waals surface area (Å²) in [6.07, 6.45) is 0.406. The second-order valence-electron chi connectivity index (χ2n) is 10.2. The van der Waals surface area contributed by atoms with E-state index in [1.54, 1.807) is 44.5 Å². The van der Waals surface area contributed by atoms with Crippen LogP contribution in [-0.2, 0) is 16.1 Å². The van der Waals surface area contributed by atoms with Gasteiger partial charge in [-0.15, -0.1) is 0 Å². The molecule has 1 aliphatic rings. The van der Waals surface area contributed by atoms with Crippen LogP contribution in [0.4, 0.5) is 4.79 Å². The molecular formula is C33H37IN4O8. The summed E-state index contributed by atoms with van der Waals surface area (Å²) in [4.78, 5) is 24.6. The summed E-state index contributed by atoms with van der Waals surface area (Å²) in [7, 11) is 2.85. The number of halogens is 1. The van der Waals surface area contributed by atoms with Crippen LogP contribution in [-0.4, -0.2) is 57.0 Å². The van der Waals surface area contributed by atoms with Gasteiger partial charge in [-0.25, -0.2) is 9.59 Å². The number of nitrogens with one attached hydrogen (secondary N) is 3. The topological polar surface area (TPSA) is 149 Å². The number of hydrazone groups is 1. The molecule has 2 amide bonds. The zero-order chi connectivity index (χ0) is 33.2. The molecule has 0 saturated carbocycles. The number of hydrogen-bond acceptors (Lipinski definition) is 10. The Morgan fingerprint density at radius 3 is 2.50 bits per heavy atom. The van der Waals surface area contributed by atoms with E-state index in [0.717, 1.165) is 14.7 Å². The molecule has 0 spiro atoms. The van der Waals surface area contributed by atoms with Crippen molar-refractivity contribution in [1.82, 2.24) is 16.1 Å². The van der Waals surface area contributed by atoms with Crippen LogP contribution in [0.5, 0.6) is 23.0 Å². The zero-order valence-electron chi connectivity index (χ0n) is 26.2. The van der Waals surface area contributed by atoms with Gasteiger partial charge < -0.3 is 39.4 Å². The van der Waals surface area contributed by atoms with Crippen molar-refractivity contribution in [3.63, 3.8) is 0 Å². The fourth-order valence-corrected chi connectivity index (χ4v) is 5.40. The van der Waals surface area contributed by atoms with Crippen LogP contribution in [0.2, 0.25) is 0 Å². The number of aliphatic hydroxyl groups is 1. The van der Waals surface area contributed by atoms with E-state index in [4.69, 9.17) is 23.7 Å². The molecule has 13 heteroatoms. The molecular weight excluding hydrogens is 707 g/mol. The number of allylic oxidation sites excluding steroid dienone is 1. The summed E-state index contributed by atoms with van der Waals surface area (Å²) < 4.78 is 29.0. The molecule has 4 rings (SSSR count). The Hall–Kier alpha value is -4.50. The van der Waals surface area contributed by atoms with E-state index >= 15 is 0 Å². The van der Waals surface area contributed by atoms with E-state index in [1.165, 1.54) is 12.7 Å². The van der Waals surface area contributed by atoms with Gasteiger partial charge in [0.1, 0.15) is 13.2 Å². The largest absolute Gasteiger partial charge is 0.493 e. The summed E-state index contributed by atoms with van der Waals surface area (Å²) in [6.45, 7) is 6.07. The van der Waals surface area contributed by atoms with Gasteiger partial charge in [0, 0.05) is 5.70 Å². The van der Waals surface area contributed by atoms with E-state index in [0.29, 0.717) is 47.5 Å². The predicted octanol–water partition coefficient (Wildman–Crippen LogP) is 4.71. The van der Waals surface area contributed by atoms with Crippen molar-refractivity contribution in [3.05, 3.63) is 91.7 Å². The van der Waals surface area contributed by atoms with Gasteiger partial charge in [-0.05, 0) is 84.3 Å². The average Bonchev–Trinajstić information content (AvgIpc) is 3.03. The van der Waals surface area contributed by atoms with Crippen molar-refractivity contribution in [2.45, 2.75) is 39.6 Å². The maximum atomic E-state index is 12.5. The van der Waals surface area contributed by atoms with Gasteiger partial charge in [0.25, 0.3) is 0 Å². The number of carbonyl (C=O) groups excluding carboxylic acids is 2. The van der Waals surface area contributed by atoms with Crippen LogP contribution in [0.1, 0.15) is 42.1 Å². The quantitative estimate of drug-likeness (QED) is 0.0606. The van der Waals surface area contributed by atoms with Crippen molar-refractivity contribution in [2.75, 3.05) is 27.4 Å². The fraction of sp³-hybridized carbons (Fsp3) is 0.303. The van der Waals surface area contributed by atoms with Crippen LogP contribution >= 0.6 is 22.6 Å². The minimum atomic E-state index is -1.15. The number of ether oxygens (including phenoxy) is 5. The van der Waals surface area contributed by atoms with Crippen molar-refractivity contribution in [3.8, 4) is 23.0 Å². The van der Waals surface area contributed by atoms with Gasteiger partial charge in [0.2, 0.25) is 0 Å². The lowest BCUT2D eigenvalue weighted by molar-refractivity contribution is -0.136. The third-order valence-electron chi connectivity index (χ3n) is 6.86. The number of nitrogens with zero attached hydrogens (tertiary/aromatic N) is 1. The maximum absolute atomic E-state index is 12.5. The Morgan fingerprint density at radius 1 is 1.04 bits per heavy atom. The zero-order valence-corrected chi connectivity index (χ0v) is 28.3. The molecule has 0 aromatic heterocycles. The van der Waals surface area contributed by atoms with Crippen molar-refractivity contribution >= 4 is 40.8 Å². The standard InChI is InChI=1S/C33H37IN4O8/c1-6-44-26-15-23(30-29(32(40)43-5)20(3)36-33(41)37-30)11-12-25(26)45-18-28(39)38-35-16-22-13-24(34)31(27(14-22)42-4)46-17-21-9-7-19(2)8-10-21/h7-16,28,30,38-39H,6,17-18H2,1-5H3,(H2,36,37,41)/b35-16-/t28-,30+/m1/s1. The summed E-state index contributed by atoms with van der Waals surface area (Å²) in [5, 5.41) is 20.0. The first-order valence-corrected chi connectivity index (χ1v) is 15.5. The average molecular weight is 745 g/mol. The van der Waals surface area contributed by atoms with Gasteiger partial charge in [-0.2, -0.15) is 5.10 Å². The van der Waals surface area contributed by atoms with Crippen molar-refractivity contribution < 1.29 is 38.4 Å². The molecule has 46 heavy (non-hydrogen) atoms. The molecule has 0 unspecified atom stereocenters. The molecule has 0 bridgehead atoms. The first kappa shape index (κ1) is 34.4. The SMILES string of the molecule is CCOc1cc([C@@H]2NC(=O)NC(C)=C2C(=O)OC)ccc1OC[C@@H](O)N/N=C\c1cc(I)c(OCc2ccc(C)cc2)c(OC)c1. The Balaban J connectivity index is 1.38. The van der Waals surface area contributed by atoms with Crippen molar-refractivity contribution in [1.29, 1.82) is 0 Å². The second-order valence-corrected chi connectivity index (χ2v) is 11.4. The Kier molecular flexibility index (Phi) is 12.1. The lowest BCUT2D eigenvalue weighted by Gasteiger charge is -2.28. The van der Waals surface area contributed by atoms with E-state index in [2.05, 4.69) is 43.8 Å². The molecule has 1 aliphatic heterocycles. The summed E-state index contributed by atoms with van der Waals surface area (Å²) in [6, 6.07) is 15.6. The first-order valence-electron chi connectivity index (χ1n) is 14.4. The van der Waals surface area contributed by atoms with Crippen LogP contribution in [0.3, 0.4) is 0 Å². The van der Waals surface area contributed by atoms with Gasteiger partial charge in [-0.1, -0.05) is 35.9 Å². The van der Waals surface area contributed by atoms with Crippen LogP contribution in [0.25, 0.3) is 0 Å². The molecule has 2 atom stereocenters. The summed E-state index contributed by atoms with van der Waals surface area (Å²) >= 11 is 2.18. The normalized spacial score (nSPS) is 15.1. The number of aryl methyl sites for hydroxylation is 1. The van der Waals surface area contributed by atoms with Gasteiger partial charge in [0.15, 0.2) is 29.2 Å². The van der Waals surface area contributed by atoms with E-state index < -0.39 is 24.3 Å².